The van der Waals surface area contributed by atoms with Crippen molar-refractivity contribution in [2.75, 3.05) is 6.61 Å². The first-order valence-corrected chi connectivity index (χ1v) is 9.26. The van der Waals surface area contributed by atoms with Gasteiger partial charge < -0.3 is 9.94 Å². The fraction of sp³-hybridized carbons (Fsp3) is 0.348. The predicted molar refractivity (Wildman–Crippen MR) is 107 cm³/mol. The molecule has 0 fully saturated rings. The van der Waals surface area contributed by atoms with Gasteiger partial charge in [0.15, 0.2) is 0 Å². The molecule has 2 aromatic carbocycles. The van der Waals surface area contributed by atoms with Crippen molar-refractivity contribution in [1.82, 2.24) is 5.06 Å². The highest BCUT2D eigenvalue weighted by atomic mass is 16.5. The van der Waals surface area contributed by atoms with Crippen LogP contribution >= 0.6 is 0 Å². The summed E-state index contributed by atoms with van der Waals surface area (Å²) >= 11 is 0. The Morgan fingerprint density at radius 1 is 1.07 bits per heavy atom. The first kappa shape index (κ1) is 20.9. The maximum atomic E-state index is 11.8. The summed E-state index contributed by atoms with van der Waals surface area (Å²) in [6.07, 6.45) is 4.50. The van der Waals surface area contributed by atoms with E-state index in [0.29, 0.717) is 19.6 Å². The highest BCUT2D eigenvalue weighted by Gasteiger charge is 2.22. The van der Waals surface area contributed by atoms with Crippen molar-refractivity contribution in [2.24, 2.45) is 5.41 Å². The Labute approximate surface area is 162 Å². The number of rotatable bonds is 8. The highest BCUT2D eigenvalue weighted by Crippen LogP contribution is 2.23. The zero-order valence-electron chi connectivity index (χ0n) is 16.3. The van der Waals surface area contributed by atoms with Crippen LogP contribution in [-0.2, 0) is 16.1 Å². The third kappa shape index (κ3) is 7.00. The van der Waals surface area contributed by atoms with Gasteiger partial charge >= 0.3 is 5.97 Å². The van der Waals surface area contributed by atoms with Crippen LogP contribution < -0.4 is 0 Å². The number of ether oxygens (including phenoxy) is 1. The number of nitrogens with zero attached hydrogens (tertiary/aromatic N) is 1. The van der Waals surface area contributed by atoms with Gasteiger partial charge in [0.1, 0.15) is 0 Å². The van der Waals surface area contributed by atoms with Crippen molar-refractivity contribution in [1.29, 1.82) is 0 Å². The summed E-state index contributed by atoms with van der Waals surface area (Å²) in [5.74, 6) is -0.205. The fourth-order valence-corrected chi connectivity index (χ4v) is 2.56. The normalized spacial score (nSPS) is 13.1. The minimum absolute atomic E-state index is 0.205. The summed E-state index contributed by atoms with van der Waals surface area (Å²) in [7, 11) is 0. The first-order chi connectivity index (χ1) is 12.9. The molecule has 0 amide bonds. The number of esters is 1. The molecule has 0 aliphatic carbocycles. The number of hydrogen-bond acceptors (Lipinski definition) is 4. The second-order valence-electron chi connectivity index (χ2n) is 7.54. The molecular formula is C23H29NO3. The summed E-state index contributed by atoms with van der Waals surface area (Å²) in [4.78, 5) is 11.8. The lowest BCUT2D eigenvalue weighted by Gasteiger charge is -2.24. The van der Waals surface area contributed by atoms with Crippen LogP contribution in [0.15, 0.2) is 72.8 Å². The SMILES string of the molecule is CC(C)(C)C(=O)OCC/C=C/C(c1ccccc1)N(O)Cc1ccccc1. The van der Waals surface area contributed by atoms with Gasteiger partial charge in [0.25, 0.3) is 0 Å². The molecule has 144 valence electrons. The molecule has 0 bridgehead atoms. The van der Waals surface area contributed by atoms with E-state index < -0.39 is 5.41 Å². The molecule has 2 aromatic rings. The smallest absolute Gasteiger partial charge is 0.311 e. The van der Waals surface area contributed by atoms with Crippen LogP contribution in [0.2, 0.25) is 0 Å². The second-order valence-corrected chi connectivity index (χ2v) is 7.54. The number of carbonyl (C=O) groups excluding carboxylic acids is 1. The van der Waals surface area contributed by atoms with Crippen molar-refractivity contribution >= 4 is 5.97 Å². The van der Waals surface area contributed by atoms with Crippen LogP contribution in [0.5, 0.6) is 0 Å². The molecule has 0 aliphatic heterocycles. The maximum absolute atomic E-state index is 11.8. The van der Waals surface area contributed by atoms with Crippen molar-refractivity contribution < 1.29 is 14.7 Å². The van der Waals surface area contributed by atoms with Crippen molar-refractivity contribution in [3.05, 3.63) is 83.9 Å². The lowest BCUT2D eigenvalue weighted by Crippen LogP contribution is -2.24. The average molecular weight is 367 g/mol. The van der Waals surface area contributed by atoms with Crippen LogP contribution in [0.3, 0.4) is 0 Å². The molecule has 0 saturated carbocycles. The van der Waals surface area contributed by atoms with E-state index in [-0.39, 0.29) is 12.0 Å². The topological polar surface area (TPSA) is 49.8 Å². The monoisotopic (exact) mass is 367 g/mol. The number of benzene rings is 2. The lowest BCUT2D eigenvalue weighted by atomic mass is 9.97. The fourth-order valence-electron chi connectivity index (χ4n) is 2.56. The zero-order chi connectivity index (χ0) is 19.7. The minimum Gasteiger partial charge on any atom is -0.465 e. The molecule has 0 spiro atoms. The molecule has 1 unspecified atom stereocenters. The minimum atomic E-state index is -0.492. The molecule has 0 radical (unpaired) electrons. The molecule has 0 aliphatic rings. The largest absolute Gasteiger partial charge is 0.465 e. The molecule has 4 heteroatoms. The van der Waals surface area contributed by atoms with E-state index in [1.807, 2.05) is 93.6 Å². The van der Waals surface area contributed by atoms with E-state index >= 15 is 0 Å². The maximum Gasteiger partial charge on any atom is 0.311 e. The third-order valence-electron chi connectivity index (χ3n) is 4.10. The van der Waals surface area contributed by atoms with Gasteiger partial charge in [-0.3, -0.25) is 4.79 Å². The van der Waals surface area contributed by atoms with Crippen molar-refractivity contribution in [2.45, 2.75) is 39.8 Å². The standard InChI is InChI=1S/C23H29NO3/c1-23(2,3)22(25)27-17-11-10-16-21(20-14-8-5-9-15-20)24(26)18-19-12-6-4-7-13-19/h4-10,12-16,21,26H,11,17-18H2,1-3H3/b16-10+. The van der Waals surface area contributed by atoms with E-state index in [1.165, 1.54) is 5.06 Å². The number of hydrogen-bond donors (Lipinski definition) is 1. The van der Waals surface area contributed by atoms with E-state index in [9.17, 15) is 10.0 Å². The van der Waals surface area contributed by atoms with Gasteiger partial charge in [0.2, 0.25) is 0 Å². The summed E-state index contributed by atoms with van der Waals surface area (Å²) < 4.78 is 5.28. The van der Waals surface area contributed by atoms with Crippen LogP contribution in [-0.4, -0.2) is 22.8 Å². The van der Waals surface area contributed by atoms with Crippen LogP contribution in [0.25, 0.3) is 0 Å². The van der Waals surface area contributed by atoms with E-state index in [2.05, 4.69) is 0 Å². The lowest BCUT2D eigenvalue weighted by molar-refractivity contribution is -0.152. The summed E-state index contributed by atoms with van der Waals surface area (Å²) in [6.45, 7) is 6.26. The summed E-state index contributed by atoms with van der Waals surface area (Å²) in [5.41, 5.74) is 1.54. The van der Waals surface area contributed by atoms with Crippen LogP contribution in [0, 0.1) is 5.41 Å². The summed E-state index contributed by atoms with van der Waals surface area (Å²) in [5, 5.41) is 12.0. The molecule has 4 nitrogen and oxygen atoms in total. The van der Waals surface area contributed by atoms with Gasteiger partial charge in [-0.05, 0) is 38.3 Å². The Bertz CT molecular complexity index is 720. The van der Waals surface area contributed by atoms with Gasteiger partial charge in [0.05, 0.1) is 18.1 Å². The Balaban J connectivity index is 1.99. The molecule has 0 saturated heterocycles. The van der Waals surface area contributed by atoms with Crippen molar-refractivity contribution in [3.8, 4) is 0 Å². The van der Waals surface area contributed by atoms with Gasteiger partial charge in [-0.15, -0.1) is 0 Å². The molecular weight excluding hydrogens is 338 g/mol. The summed E-state index contributed by atoms with van der Waals surface area (Å²) in [6, 6.07) is 19.4. The van der Waals surface area contributed by atoms with Gasteiger partial charge in [-0.2, -0.15) is 5.06 Å². The predicted octanol–water partition coefficient (Wildman–Crippen LogP) is 5.15. The molecule has 2 rings (SSSR count). The van der Waals surface area contributed by atoms with Crippen molar-refractivity contribution in [3.63, 3.8) is 0 Å². The molecule has 1 N–H and O–H groups in total. The Morgan fingerprint density at radius 3 is 2.26 bits per heavy atom. The average Bonchev–Trinajstić information content (AvgIpc) is 2.65. The van der Waals surface area contributed by atoms with Crippen LogP contribution in [0.1, 0.15) is 44.4 Å². The van der Waals surface area contributed by atoms with Gasteiger partial charge in [-0.25, -0.2) is 0 Å². The van der Waals surface area contributed by atoms with E-state index in [1.54, 1.807) is 0 Å². The van der Waals surface area contributed by atoms with Crippen LogP contribution in [0.4, 0.5) is 0 Å². The molecule has 1 atom stereocenters. The number of carbonyl (C=O) groups is 1. The first-order valence-electron chi connectivity index (χ1n) is 9.26. The zero-order valence-corrected chi connectivity index (χ0v) is 16.3. The van der Waals surface area contributed by atoms with E-state index in [0.717, 1.165) is 11.1 Å². The Kier molecular flexibility index (Phi) is 7.77. The second kappa shape index (κ2) is 10.0. The molecule has 0 aromatic heterocycles. The van der Waals surface area contributed by atoms with Gasteiger partial charge in [0, 0.05) is 6.54 Å². The molecule has 27 heavy (non-hydrogen) atoms. The third-order valence-corrected chi connectivity index (χ3v) is 4.10. The highest BCUT2D eigenvalue weighted by molar-refractivity contribution is 5.75. The number of hydroxylamine groups is 2. The van der Waals surface area contributed by atoms with E-state index in [4.69, 9.17) is 4.74 Å². The Hall–Kier alpha value is -2.43. The Morgan fingerprint density at radius 2 is 1.67 bits per heavy atom. The molecule has 0 heterocycles. The quantitative estimate of drug-likeness (QED) is 0.303. The van der Waals surface area contributed by atoms with Gasteiger partial charge in [-0.1, -0.05) is 72.8 Å².